The quantitative estimate of drug-likeness (QED) is 0.870. The number of methoxy groups -OCH3 is 1. The first-order valence-electron chi connectivity index (χ1n) is 6.66. The van der Waals surface area contributed by atoms with Gasteiger partial charge in [0.2, 0.25) is 11.9 Å². The van der Waals surface area contributed by atoms with Crippen molar-refractivity contribution in [2.45, 2.75) is 13.3 Å². The van der Waals surface area contributed by atoms with E-state index in [4.69, 9.17) is 15.2 Å². The molecular weight excluding hydrogens is 270 g/mol. The third-order valence-corrected chi connectivity index (χ3v) is 2.82. The van der Waals surface area contributed by atoms with Crippen LogP contribution in [0.3, 0.4) is 0 Å². The van der Waals surface area contributed by atoms with E-state index in [1.54, 1.807) is 12.0 Å². The molecule has 2 N–H and O–H groups in total. The average molecular weight is 289 g/mol. The zero-order valence-corrected chi connectivity index (χ0v) is 12.4. The van der Waals surface area contributed by atoms with Crippen LogP contribution >= 0.6 is 0 Å². The van der Waals surface area contributed by atoms with Gasteiger partial charge in [0.05, 0.1) is 13.7 Å². The highest BCUT2D eigenvalue weighted by molar-refractivity contribution is 5.58. The Bertz CT molecular complexity index is 588. The molecule has 0 aliphatic heterocycles. The zero-order chi connectivity index (χ0) is 15.2. The summed E-state index contributed by atoms with van der Waals surface area (Å²) in [6, 6.07) is 7.78. The van der Waals surface area contributed by atoms with E-state index in [1.807, 2.05) is 38.2 Å². The van der Waals surface area contributed by atoms with Crippen molar-refractivity contribution in [3.8, 4) is 11.8 Å². The molecular formula is C14H19N5O2. The van der Waals surface area contributed by atoms with E-state index in [9.17, 15) is 0 Å². The number of rotatable bonds is 6. The van der Waals surface area contributed by atoms with Crippen LogP contribution in [0.1, 0.15) is 13.3 Å². The van der Waals surface area contributed by atoms with Crippen LogP contribution in [0, 0.1) is 0 Å². The van der Waals surface area contributed by atoms with Crippen LogP contribution in [-0.4, -0.2) is 35.7 Å². The lowest BCUT2D eigenvalue weighted by atomic mass is 10.3. The molecule has 112 valence electrons. The van der Waals surface area contributed by atoms with Crippen molar-refractivity contribution in [2.24, 2.45) is 0 Å². The zero-order valence-electron chi connectivity index (χ0n) is 12.4. The number of nitrogen functional groups attached to an aromatic ring is 1. The average Bonchev–Trinajstić information content (AvgIpc) is 2.51. The predicted octanol–water partition coefficient (Wildman–Crippen LogP) is 2.02. The number of benzene rings is 1. The Morgan fingerprint density at radius 1 is 1.14 bits per heavy atom. The Labute approximate surface area is 123 Å². The summed E-state index contributed by atoms with van der Waals surface area (Å²) in [6.45, 7) is 2.55. The molecule has 0 spiro atoms. The van der Waals surface area contributed by atoms with Gasteiger partial charge >= 0.3 is 6.01 Å². The second-order valence-electron chi connectivity index (χ2n) is 4.38. The lowest BCUT2D eigenvalue weighted by Crippen LogP contribution is -2.16. The Kier molecular flexibility index (Phi) is 4.76. The van der Waals surface area contributed by atoms with Crippen molar-refractivity contribution in [1.82, 2.24) is 15.0 Å². The lowest BCUT2D eigenvalue weighted by Gasteiger charge is -2.18. The molecule has 0 bridgehead atoms. The summed E-state index contributed by atoms with van der Waals surface area (Å²) in [5.74, 6) is 1.35. The number of anilines is 3. The highest BCUT2D eigenvalue weighted by Crippen LogP contribution is 2.24. The van der Waals surface area contributed by atoms with Crippen molar-refractivity contribution in [1.29, 1.82) is 0 Å². The van der Waals surface area contributed by atoms with Crippen molar-refractivity contribution in [2.75, 3.05) is 31.4 Å². The minimum Gasteiger partial charge on any atom is -0.497 e. The van der Waals surface area contributed by atoms with Crippen LogP contribution < -0.4 is 20.1 Å². The SMILES string of the molecule is CCCOc1nc(N)nc(N(C)c2ccc(OC)cc2)n1. The van der Waals surface area contributed by atoms with Crippen molar-refractivity contribution in [3.05, 3.63) is 24.3 Å². The van der Waals surface area contributed by atoms with Crippen molar-refractivity contribution < 1.29 is 9.47 Å². The lowest BCUT2D eigenvalue weighted by molar-refractivity contribution is 0.292. The van der Waals surface area contributed by atoms with E-state index < -0.39 is 0 Å². The summed E-state index contributed by atoms with van der Waals surface area (Å²) >= 11 is 0. The fourth-order valence-corrected chi connectivity index (χ4v) is 1.69. The molecule has 0 aliphatic rings. The van der Waals surface area contributed by atoms with Crippen molar-refractivity contribution in [3.63, 3.8) is 0 Å². The second-order valence-corrected chi connectivity index (χ2v) is 4.38. The minimum atomic E-state index is 0.131. The van der Waals surface area contributed by atoms with Gasteiger partial charge in [-0.15, -0.1) is 0 Å². The fraction of sp³-hybridized carbons (Fsp3) is 0.357. The third-order valence-electron chi connectivity index (χ3n) is 2.82. The van der Waals surface area contributed by atoms with E-state index in [1.165, 1.54) is 0 Å². The maximum absolute atomic E-state index is 5.70. The predicted molar refractivity (Wildman–Crippen MR) is 81.1 cm³/mol. The van der Waals surface area contributed by atoms with Gasteiger partial charge in [-0.2, -0.15) is 15.0 Å². The molecule has 0 amide bonds. The number of nitrogens with two attached hydrogens (primary N) is 1. The van der Waals surface area contributed by atoms with Crippen LogP contribution in [0.5, 0.6) is 11.8 Å². The van der Waals surface area contributed by atoms with Gasteiger partial charge in [-0.25, -0.2) is 0 Å². The van der Waals surface area contributed by atoms with E-state index >= 15 is 0 Å². The van der Waals surface area contributed by atoms with Gasteiger partial charge in [-0.05, 0) is 30.7 Å². The monoisotopic (exact) mass is 289 g/mol. The molecule has 1 heterocycles. The largest absolute Gasteiger partial charge is 0.497 e. The number of aromatic nitrogens is 3. The molecule has 7 heteroatoms. The third kappa shape index (κ3) is 3.71. The van der Waals surface area contributed by atoms with Crippen LogP contribution in [0.2, 0.25) is 0 Å². The molecule has 0 saturated heterocycles. The summed E-state index contributed by atoms with van der Waals surface area (Å²) in [6.07, 6.45) is 0.870. The molecule has 0 radical (unpaired) electrons. The van der Waals surface area contributed by atoms with E-state index in [2.05, 4.69) is 15.0 Å². The number of hydrogen-bond donors (Lipinski definition) is 1. The molecule has 0 atom stereocenters. The van der Waals surface area contributed by atoms with Gasteiger partial charge < -0.3 is 20.1 Å². The molecule has 21 heavy (non-hydrogen) atoms. The molecule has 0 aliphatic carbocycles. The first kappa shape index (κ1) is 14.8. The van der Waals surface area contributed by atoms with Crippen LogP contribution in [0.25, 0.3) is 0 Å². The normalized spacial score (nSPS) is 10.2. The summed E-state index contributed by atoms with van der Waals surface area (Å²) in [4.78, 5) is 14.2. The first-order chi connectivity index (χ1) is 10.1. The standard InChI is InChI=1S/C14H19N5O2/c1-4-9-21-14-17-12(15)16-13(18-14)19(2)10-5-7-11(20-3)8-6-10/h5-8H,4,9H2,1-3H3,(H2,15,16,17,18). The molecule has 0 unspecified atom stereocenters. The number of ether oxygens (including phenoxy) is 2. The maximum Gasteiger partial charge on any atom is 0.323 e. The second kappa shape index (κ2) is 6.74. The summed E-state index contributed by atoms with van der Waals surface area (Å²) in [7, 11) is 3.48. The Morgan fingerprint density at radius 2 is 1.86 bits per heavy atom. The van der Waals surface area contributed by atoms with Crippen LogP contribution in [-0.2, 0) is 0 Å². The molecule has 1 aromatic carbocycles. The Morgan fingerprint density at radius 3 is 2.48 bits per heavy atom. The molecule has 0 saturated carbocycles. The Hall–Kier alpha value is -2.57. The highest BCUT2D eigenvalue weighted by Gasteiger charge is 2.11. The molecule has 2 aromatic rings. The fourth-order valence-electron chi connectivity index (χ4n) is 1.69. The van der Waals surface area contributed by atoms with Crippen LogP contribution in [0.4, 0.5) is 17.6 Å². The highest BCUT2D eigenvalue weighted by atomic mass is 16.5. The van der Waals surface area contributed by atoms with Crippen molar-refractivity contribution >= 4 is 17.6 Å². The molecule has 7 nitrogen and oxygen atoms in total. The Balaban J connectivity index is 2.24. The molecule has 1 aromatic heterocycles. The van der Waals surface area contributed by atoms with E-state index in [-0.39, 0.29) is 12.0 Å². The van der Waals surface area contributed by atoms with Gasteiger partial charge in [-0.3, -0.25) is 0 Å². The van der Waals surface area contributed by atoms with Gasteiger partial charge in [-0.1, -0.05) is 6.92 Å². The van der Waals surface area contributed by atoms with E-state index in [0.29, 0.717) is 12.6 Å². The topological polar surface area (TPSA) is 86.4 Å². The van der Waals surface area contributed by atoms with E-state index in [0.717, 1.165) is 17.9 Å². The van der Waals surface area contributed by atoms with Crippen LogP contribution in [0.15, 0.2) is 24.3 Å². The maximum atomic E-state index is 5.70. The summed E-state index contributed by atoms with van der Waals surface area (Å²) in [5, 5.41) is 0. The minimum absolute atomic E-state index is 0.131. The van der Waals surface area contributed by atoms with Gasteiger partial charge in [0.25, 0.3) is 0 Å². The molecule has 0 fully saturated rings. The van der Waals surface area contributed by atoms with Gasteiger partial charge in [0.15, 0.2) is 0 Å². The number of hydrogen-bond acceptors (Lipinski definition) is 7. The van der Waals surface area contributed by atoms with Gasteiger partial charge in [0.1, 0.15) is 5.75 Å². The smallest absolute Gasteiger partial charge is 0.323 e. The number of nitrogens with zero attached hydrogens (tertiary/aromatic N) is 4. The first-order valence-corrected chi connectivity index (χ1v) is 6.66. The summed E-state index contributed by atoms with van der Waals surface area (Å²) in [5.41, 5.74) is 6.61. The van der Waals surface area contributed by atoms with Gasteiger partial charge in [0, 0.05) is 12.7 Å². The summed E-state index contributed by atoms with van der Waals surface area (Å²) < 4.78 is 10.5. The molecule has 2 rings (SSSR count).